The summed E-state index contributed by atoms with van der Waals surface area (Å²) in [6.07, 6.45) is 0.506. The van der Waals surface area contributed by atoms with Gasteiger partial charge in [0.15, 0.2) is 5.65 Å². The summed E-state index contributed by atoms with van der Waals surface area (Å²) < 4.78 is 48.1. The number of anilines is 1. The number of benzene rings is 1. The number of rotatable bonds is 1. The number of hydrogen-bond acceptors (Lipinski definition) is 5. The number of nitrogens with zero attached hydrogens (tertiary/aromatic N) is 3. The van der Waals surface area contributed by atoms with Gasteiger partial charge in [-0.25, -0.2) is 22.7 Å². The molecule has 0 saturated heterocycles. The molecule has 0 amide bonds. The summed E-state index contributed by atoms with van der Waals surface area (Å²) in [7, 11) is 0. The molecule has 0 fully saturated rings. The Labute approximate surface area is 159 Å². The first kappa shape index (κ1) is 18.1. The van der Waals surface area contributed by atoms with Crippen LogP contribution in [0.1, 0.15) is 24.1 Å². The van der Waals surface area contributed by atoms with Crippen molar-refractivity contribution < 1.29 is 17.9 Å². The lowest BCUT2D eigenvalue weighted by atomic mass is 10.1. The molecule has 0 aliphatic carbocycles. The van der Waals surface area contributed by atoms with Gasteiger partial charge in [-0.2, -0.15) is 5.10 Å². The van der Waals surface area contributed by atoms with E-state index in [0.717, 1.165) is 0 Å². The van der Waals surface area contributed by atoms with E-state index >= 15 is 0 Å². The second-order valence-corrected chi connectivity index (χ2v) is 6.56. The minimum atomic E-state index is -2.70. The minimum Gasteiger partial charge on any atom is -0.491 e. The number of halogens is 3. The van der Waals surface area contributed by atoms with Crippen LogP contribution in [0.2, 0.25) is 0 Å². The Kier molecular flexibility index (Phi) is 4.58. The van der Waals surface area contributed by atoms with Gasteiger partial charge in [0.25, 0.3) is 6.43 Å². The zero-order valence-corrected chi connectivity index (χ0v) is 15.0. The molecule has 1 aliphatic heterocycles. The molecule has 2 bridgehead atoms. The Balaban J connectivity index is 1.83. The quantitative estimate of drug-likeness (QED) is 0.666. The molecule has 0 radical (unpaired) electrons. The van der Waals surface area contributed by atoms with Gasteiger partial charge in [-0.05, 0) is 31.2 Å². The van der Waals surface area contributed by atoms with E-state index in [0.29, 0.717) is 28.3 Å². The highest BCUT2D eigenvalue weighted by atomic mass is 19.3. The van der Waals surface area contributed by atoms with E-state index in [-0.39, 0.29) is 18.3 Å². The van der Waals surface area contributed by atoms with Gasteiger partial charge in [-0.1, -0.05) is 6.58 Å². The second-order valence-electron chi connectivity index (χ2n) is 6.56. The van der Waals surface area contributed by atoms with Gasteiger partial charge in [0.1, 0.15) is 30.0 Å². The molecule has 9 heteroatoms. The molecule has 146 valence electrons. The van der Waals surface area contributed by atoms with Crippen LogP contribution in [0.5, 0.6) is 5.75 Å². The number of hydrogen-bond donors (Lipinski definition) is 2. The number of aromatic nitrogens is 3. The second kappa shape index (κ2) is 7.06. The summed E-state index contributed by atoms with van der Waals surface area (Å²) in [5.74, 6) is 0.399. The maximum atomic E-state index is 13.8. The first-order valence-electron chi connectivity index (χ1n) is 8.69. The smallest absolute Gasteiger partial charge is 0.261 e. The van der Waals surface area contributed by atoms with Crippen molar-refractivity contribution in [1.29, 1.82) is 0 Å². The van der Waals surface area contributed by atoms with Gasteiger partial charge in [0, 0.05) is 17.5 Å². The molecular weight excluding hydrogens is 371 g/mol. The molecular formula is C19H18F3N5O. The lowest BCUT2D eigenvalue weighted by Crippen LogP contribution is -2.39. The van der Waals surface area contributed by atoms with Crippen LogP contribution in [0.3, 0.4) is 0 Å². The minimum absolute atomic E-state index is 0.264. The molecule has 2 N–H and O–H groups in total. The van der Waals surface area contributed by atoms with Crippen molar-refractivity contribution in [3.63, 3.8) is 0 Å². The predicted molar refractivity (Wildman–Crippen MR) is 98.9 cm³/mol. The third kappa shape index (κ3) is 3.35. The molecule has 1 aliphatic rings. The van der Waals surface area contributed by atoms with Crippen molar-refractivity contribution >= 4 is 17.2 Å². The number of alkyl halides is 2. The fourth-order valence-corrected chi connectivity index (χ4v) is 3.11. The molecule has 2 atom stereocenters. The van der Waals surface area contributed by atoms with Crippen LogP contribution in [-0.4, -0.2) is 33.7 Å². The Morgan fingerprint density at radius 3 is 2.89 bits per heavy atom. The van der Waals surface area contributed by atoms with E-state index in [9.17, 15) is 13.2 Å². The number of ether oxygens (including phenoxy) is 1. The van der Waals surface area contributed by atoms with Gasteiger partial charge in [-0.3, -0.25) is 0 Å². The zero-order chi connectivity index (χ0) is 19.8. The summed E-state index contributed by atoms with van der Waals surface area (Å²) in [6, 6.07) is 4.01. The zero-order valence-electron chi connectivity index (χ0n) is 15.0. The molecule has 4 rings (SSSR count). The standard InChI is InChI=1S/C19H18F3N5O/c1-10-13-7-12(20)3-4-16(13)28-9-15(18(21)22)24-11(2)14-8-23-27-6-5-17(25-10)26-19(14)27/h3-8,10,15,18,24H,2,9H2,1H3,(H,25,26)/t10-,15+/m1/s1. The fraction of sp³-hybridized carbons (Fsp3) is 0.263. The van der Waals surface area contributed by atoms with E-state index < -0.39 is 18.3 Å². The maximum Gasteiger partial charge on any atom is 0.261 e. The van der Waals surface area contributed by atoms with Crippen molar-refractivity contribution in [1.82, 2.24) is 19.9 Å². The molecule has 2 aromatic heterocycles. The van der Waals surface area contributed by atoms with E-state index in [1.807, 2.05) is 6.92 Å². The number of fused-ring (bicyclic) bond motifs is 2. The molecule has 1 aromatic carbocycles. The van der Waals surface area contributed by atoms with Gasteiger partial charge in [0.2, 0.25) is 0 Å². The van der Waals surface area contributed by atoms with Crippen molar-refractivity contribution in [2.24, 2.45) is 0 Å². The Morgan fingerprint density at radius 2 is 2.11 bits per heavy atom. The molecule has 3 heterocycles. The number of nitrogens with one attached hydrogen (secondary N) is 2. The third-order valence-electron chi connectivity index (χ3n) is 4.58. The average Bonchev–Trinajstić information content (AvgIpc) is 3.08. The van der Waals surface area contributed by atoms with Crippen LogP contribution < -0.4 is 15.4 Å². The Hall–Kier alpha value is -3.23. The van der Waals surface area contributed by atoms with E-state index in [4.69, 9.17) is 4.74 Å². The monoisotopic (exact) mass is 389 g/mol. The third-order valence-corrected chi connectivity index (χ3v) is 4.58. The summed E-state index contributed by atoms with van der Waals surface area (Å²) in [4.78, 5) is 4.51. The van der Waals surface area contributed by atoms with Crippen LogP contribution in [0.25, 0.3) is 11.3 Å². The summed E-state index contributed by atoms with van der Waals surface area (Å²) >= 11 is 0. The van der Waals surface area contributed by atoms with Crippen LogP contribution in [-0.2, 0) is 0 Å². The van der Waals surface area contributed by atoms with Crippen LogP contribution in [0.15, 0.2) is 43.2 Å². The topological polar surface area (TPSA) is 63.5 Å². The van der Waals surface area contributed by atoms with Crippen molar-refractivity contribution in [3.05, 3.63) is 60.2 Å². The average molecular weight is 389 g/mol. The van der Waals surface area contributed by atoms with Gasteiger partial charge in [0.05, 0.1) is 17.8 Å². The Morgan fingerprint density at radius 1 is 1.29 bits per heavy atom. The van der Waals surface area contributed by atoms with Crippen molar-refractivity contribution in [3.8, 4) is 5.75 Å². The lowest BCUT2D eigenvalue weighted by molar-refractivity contribution is 0.0791. The van der Waals surface area contributed by atoms with Crippen LogP contribution in [0, 0.1) is 5.82 Å². The summed E-state index contributed by atoms with van der Waals surface area (Å²) in [5.41, 5.74) is 1.73. The van der Waals surface area contributed by atoms with Gasteiger partial charge >= 0.3 is 0 Å². The van der Waals surface area contributed by atoms with Gasteiger partial charge in [-0.15, -0.1) is 0 Å². The van der Waals surface area contributed by atoms with E-state index in [2.05, 4.69) is 27.3 Å². The molecule has 0 unspecified atom stereocenters. The first-order valence-corrected chi connectivity index (χ1v) is 8.69. The van der Waals surface area contributed by atoms with Crippen LogP contribution in [0.4, 0.5) is 19.0 Å². The SMILES string of the molecule is C=C1N[C@H](C(F)F)COc2ccc(F)cc2[C@@H](C)Nc2ccn3ncc1c3n2. The van der Waals surface area contributed by atoms with E-state index in [1.54, 1.807) is 12.3 Å². The van der Waals surface area contributed by atoms with Crippen molar-refractivity contribution in [2.45, 2.75) is 25.4 Å². The van der Waals surface area contributed by atoms with E-state index in [1.165, 1.54) is 28.9 Å². The molecule has 6 nitrogen and oxygen atoms in total. The predicted octanol–water partition coefficient (Wildman–Crippen LogP) is 3.63. The lowest BCUT2D eigenvalue weighted by Gasteiger charge is -2.22. The summed E-state index contributed by atoms with van der Waals surface area (Å²) in [5, 5.41) is 10.1. The fourth-order valence-electron chi connectivity index (χ4n) is 3.11. The summed E-state index contributed by atoms with van der Waals surface area (Å²) in [6.45, 7) is 5.35. The highest BCUT2D eigenvalue weighted by molar-refractivity contribution is 5.74. The highest BCUT2D eigenvalue weighted by Gasteiger charge is 2.25. The van der Waals surface area contributed by atoms with Gasteiger partial charge < -0.3 is 15.4 Å². The molecule has 0 spiro atoms. The van der Waals surface area contributed by atoms with Crippen LogP contribution >= 0.6 is 0 Å². The molecule has 0 saturated carbocycles. The first-order chi connectivity index (χ1) is 13.4. The van der Waals surface area contributed by atoms with Crippen molar-refractivity contribution in [2.75, 3.05) is 11.9 Å². The highest BCUT2D eigenvalue weighted by Crippen LogP contribution is 2.30. The normalized spacial score (nSPS) is 19.8. The molecule has 3 aromatic rings. The largest absolute Gasteiger partial charge is 0.491 e. The Bertz CT molecular complexity index is 1040. The molecule has 28 heavy (non-hydrogen) atoms. The maximum absolute atomic E-state index is 13.8.